The molecule has 1 amide bonds. The Hall–Kier alpha value is -2.13. The average molecular weight is 391 g/mol. The lowest BCUT2D eigenvalue weighted by Gasteiger charge is -2.32. The first-order chi connectivity index (χ1) is 12.8. The molecule has 0 spiro atoms. The van der Waals surface area contributed by atoms with Crippen molar-refractivity contribution in [3.05, 3.63) is 17.8 Å². The van der Waals surface area contributed by atoms with Gasteiger partial charge in [-0.1, -0.05) is 0 Å². The number of nitrogens with one attached hydrogen (secondary N) is 1. The second-order valence-electron chi connectivity index (χ2n) is 8.30. The minimum absolute atomic E-state index is 0.172. The van der Waals surface area contributed by atoms with Gasteiger partial charge < -0.3 is 24.3 Å². The van der Waals surface area contributed by atoms with Crippen LogP contribution in [0.5, 0.6) is 0 Å². The topological polar surface area (TPSA) is 90.0 Å². The Morgan fingerprint density at radius 1 is 1.25 bits per heavy atom. The summed E-state index contributed by atoms with van der Waals surface area (Å²) in [6.45, 7) is 11.3. The van der Waals surface area contributed by atoms with Crippen LogP contribution < -0.4 is 10.8 Å². The van der Waals surface area contributed by atoms with Crippen molar-refractivity contribution in [2.24, 2.45) is 0 Å². The Morgan fingerprint density at radius 3 is 2.32 bits per heavy atom. The molecule has 2 rings (SSSR count). The lowest BCUT2D eigenvalue weighted by Crippen LogP contribution is -2.41. The highest BCUT2D eigenvalue weighted by atomic mass is 16.7. The predicted molar refractivity (Wildman–Crippen MR) is 108 cm³/mol. The van der Waals surface area contributed by atoms with E-state index in [4.69, 9.17) is 14.0 Å². The number of ether oxygens (including phenoxy) is 1. The Kier molecular flexibility index (Phi) is 6.40. The van der Waals surface area contributed by atoms with Crippen LogP contribution in [-0.4, -0.2) is 66.8 Å². The van der Waals surface area contributed by atoms with E-state index in [0.29, 0.717) is 16.8 Å². The third kappa shape index (κ3) is 4.83. The molecule has 28 heavy (non-hydrogen) atoms. The van der Waals surface area contributed by atoms with Gasteiger partial charge in [-0.2, -0.15) is 0 Å². The minimum atomic E-state index is -0.612. The van der Waals surface area contributed by atoms with Crippen molar-refractivity contribution in [2.75, 3.05) is 26.0 Å². The third-order valence-corrected chi connectivity index (χ3v) is 4.99. The maximum absolute atomic E-state index is 12.7. The van der Waals surface area contributed by atoms with Gasteiger partial charge in [-0.15, -0.1) is 0 Å². The van der Waals surface area contributed by atoms with Gasteiger partial charge >= 0.3 is 13.1 Å². The summed E-state index contributed by atoms with van der Waals surface area (Å²) in [5.41, 5.74) is 0.0893. The summed E-state index contributed by atoms with van der Waals surface area (Å²) in [6.07, 6.45) is 1.63. The molecule has 0 saturated carbocycles. The molecule has 0 aromatic carbocycles. The van der Waals surface area contributed by atoms with E-state index in [1.54, 1.807) is 26.4 Å². The lowest BCUT2D eigenvalue weighted by molar-refractivity contribution is -0.141. The molecule has 1 aliphatic heterocycles. The fourth-order valence-electron chi connectivity index (χ4n) is 2.63. The molecule has 8 nitrogen and oxygen atoms in total. The summed E-state index contributed by atoms with van der Waals surface area (Å²) in [4.78, 5) is 29.6. The van der Waals surface area contributed by atoms with Crippen LogP contribution in [-0.2, 0) is 18.8 Å². The molecule has 2 heterocycles. The molecule has 1 saturated heterocycles. The number of pyridine rings is 1. The standard InChI is InChI=1S/C19H30BN3O5/c1-12(11-26-13(2)24)22-16-15(17(25)23(7)8)9-14(10-21-16)20-27-18(3,4)19(5,6)28-20/h9-10,12H,11H2,1-8H3,(H,21,22)/t12-/m0/s1. The largest absolute Gasteiger partial charge is 0.496 e. The van der Waals surface area contributed by atoms with E-state index in [1.807, 2.05) is 34.6 Å². The maximum Gasteiger partial charge on any atom is 0.496 e. The first kappa shape index (κ1) is 22.2. The highest BCUT2D eigenvalue weighted by Gasteiger charge is 2.52. The number of esters is 1. The zero-order valence-electron chi connectivity index (χ0n) is 18.0. The molecular formula is C19H30BN3O5. The van der Waals surface area contributed by atoms with Gasteiger partial charge in [0.25, 0.3) is 5.91 Å². The Balaban J connectivity index is 2.31. The molecular weight excluding hydrogens is 361 g/mol. The van der Waals surface area contributed by atoms with E-state index >= 15 is 0 Å². The second-order valence-corrected chi connectivity index (χ2v) is 8.30. The van der Waals surface area contributed by atoms with Crippen molar-refractivity contribution >= 4 is 30.3 Å². The molecule has 1 aliphatic rings. The van der Waals surface area contributed by atoms with Crippen molar-refractivity contribution in [3.63, 3.8) is 0 Å². The van der Waals surface area contributed by atoms with Crippen LogP contribution in [0.15, 0.2) is 12.3 Å². The Labute approximate surface area is 167 Å². The first-order valence-corrected chi connectivity index (χ1v) is 9.31. The van der Waals surface area contributed by atoms with Gasteiger partial charge in [-0.05, 0) is 40.7 Å². The average Bonchev–Trinajstić information content (AvgIpc) is 2.80. The molecule has 1 atom stereocenters. The molecule has 1 aromatic heterocycles. The van der Waals surface area contributed by atoms with E-state index in [9.17, 15) is 9.59 Å². The van der Waals surface area contributed by atoms with Crippen LogP contribution in [0.25, 0.3) is 0 Å². The van der Waals surface area contributed by atoms with Crippen molar-refractivity contribution in [1.29, 1.82) is 0 Å². The zero-order chi connectivity index (χ0) is 21.3. The number of carbonyl (C=O) groups excluding carboxylic acids is 2. The summed E-state index contributed by atoms with van der Waals surface area (Å²) in [7, 11) is 2.74. The number of rotatable bonds is 6. The summed E-state index contributed by atoms with van der Waals surface area (Å²) >= 11 is 0. The fraction of sp³-hybridized carbons (Fsp3) is 0.632. The SMILES string of the molecule is CC(=O)OC[C@H](C)Nc1ncc(B2OC(C)(C)C(C)(C)O2)cc1C(=O)N(C)C. The molecule has 0 unspecified atom stereocenters. The molecule has 0 bridgehead atoms. The number of aromatic nitrogens is 1. The first-order valence-electron chi connectivity index (χ1n) is 9.31. The molecule has 1 aromatic rings. The van der Waals surface area contributed by atoms with E-state index in [-0.39, 0.29) is 24.5 Å². The number of hydrogen-bond donors (Lipinski definition) is 1. The van der Waals surface area contributed by atoms with E-state index in [2.05, 4.69) is 10.3 Å². The number of carbonyl (C=O) groups is 2. The lowest BCUT2D eigenvalue weighted by atomic mass is 9.79. The summed E-state index contributed by atoms with van der Waals surface area (Å²) in [5.74, 6) is -0.144. The van der Waals surface area contributed by atoms with E-state index in [1.165, 1.54) is 11.8 Å². The van der Waals surface area contributed by atoms with Crippen molar-refractivity contribution in [1.82, 2.24) is 9.88 Å². The van der Waals surface area contributed by atoms with E-state index < -0.39 is 18.3 Å². The van der Waals surface area contributed by atoms with Gasteiger partial charge in [0.15, 0.2) is 0 Å². The monoisotopic (exact) mass is 391 g/mol. The molecule has 9 heteroatoms. The molecule has 1 fully saturated rings. The summed E-state index contributed by atoms with van der Waals surface area (Å²) in [5, 5.41) is 3.13. The predicted octanol–water partition coefficient (Wildman–Crippen LogP) is 1.45. The van der Waals surface area contributed by atoms with Gasteiger partial charge in [0.2, 0.25) is 0 Å². The van der Waals surface area contributed by atoms with Crippen molar-refractivity contribution in [3.8, 4) is 0 Å². The molecule has 1 N–H and O–H groups in total. The van der Waals surface area contributed by atoms with Gasteiger partial charge in [0.1, 0.15) is 12.4 Å². The maximum atomic E-state index is 12.7. The van der Waals surface area contributed by atoms with Crippen LogP contribution in [0, 0.1) is 0 Å². The summed E-state index contributed by atoms with van der Waals surface area (Å²) < 4.78 is 17.1. The van der Waals surface area contributed by atoms with Crippen LogP contribution in [0.2, 0.25) is 0 Å². The second kappa shape index (κ2) is 8.09. The summed E-state index contributed by atoms with van der Waals surface area (Å²) in [6, 6.07) is 1.52. The zero-order valence-corrected chi connectivity index (χ0v) is 18.0. The Bertz CT molecular complexity index is 735. The van der Waals surface area contributed by atoms with Crippen LogP contribution >= 0.6 is 0 Å². The Morgan fingerprint density at radius 2 is 1.82 bits per heavy atom. The van der Waals surface area contributed by atoms with Crippen LogP contribution in [0.4, 0.5) is 5.82 Å². The smallest absolute Gasteiger partial charge is 0.464 e. The fourth-order valence-corrected chi connectivity index (χ4v) is 2.63. The van der Waals surface area contributed by atoms with Gasteiger partial charge in [0, 0.05) is 32.7 Å². The normalized spacial score (nSPS) is 18.5. The van der Waals surface area contributed by atoms with Crippen molar-refractivity contribution < 1.29 is 23.6 Å². The van der Waals surface area contributed by atoms with Crippen molar-refractivity contribution in [2.45, 2.75) is 58.8 Å². The molecule has 0 aliphatic carbocycles. The quantitative estimate of drug-likeness (QED) is 0.580. The van der Waals surface area contributed by atoms with Gasteiger partial charge in [-0.3, -0.25) is 9.59 Å². The highest BCUT2D eigenvalue weighted by Crippen LogP contribution is 2.36. The van der Waals surface area contributed by atoms with Gasteiger partial charge in [0.05, 0.1) is 22.8 Å². The molecule has 154 valence electrons. The molecule has 0 radical (unpaired) electrons. The van der Waals surface area contributed by atoms with Crippen LogP contribution in [0.1, 0.15) is 51.9 Å². The third-order valence-electron chi connectivity index (χ3n) is 4.99. The van der Waals surface area contributed by atoms with Crippen LogP contribution in [0.3, 0.4) is 0 Å². The van der Waals surface area contributed by atoms with Gasteiger partial charge in [-0.25, -0.2) is 4.98 Å². The minimum Gasteiger partial charge on any atom is -0.464 e. The number of amides is 1. The number of anilines is 1. The highest BCUT2D eigenvalue weighted by molar-refractivity contribution is 6.62. The number of hydrogen-bond acceptors (Lipinski definition) is 7. The number of nitrogens with zero attached hydrogens (tertiary/aromatic N) is 2. The van der Waals surface area contributed by atoms with E-state index in [0.717, 1.165) is 0 Å².